The lowest BCUT2D eigenvalue weighted by molar-refractivity contribution is -0.154. The maximum atomic E-state index is 12.1. The van der Waals surface area contributed by atoms with Crippen molar-refractivity contribution in [2.75, 3.05) is 38.7 Å². The van der Waals surface area contributed by atoms with E-state index < -0.39 is 0 Å². The number of ether oxygens (including phenoxy) is 1. The summed E-state index contributed by atoms with van der Waals surface area (Å²) in [5.74, 6) is 0.574. The molecule has 2 fully saturated rings. The number of halogens is 1. The smallest absolute Gasteiger partial charge is 0.245 e. The number of alkyl halides is 1. The molecule has 0 saturated carbocycles. The molecule has 0 N–H and O–H groups in total. The molecule has 2 aliphatic heterocycles. The van der Waals surface area contributed by atoms with Crippen molar-refractivity contribution < 1.29 is 14.3 Å². The van der Waals surface area contributed by atoms with Crippen LogP contribution in [0, 0.1) is 0 Å². The van der Waals surface area contributed by atoms with Gasteiger partial charge in [0, 0.05) is 19.0 Å². The third kappa shape index (κ3) is 2.72. The first-order valence-corrected chi connectivity index (χ1v) is 6.49. The number of hydrogen-bond donors (Lipinski definition) is 0. The number of piperazine rings is 1. The van der Waals surface area contributed by atoms with Crippen molar-refractivity contribution in [2.24, 2.45) is 0 Å². The van der Waals surface area contributed by atoms with Gasteiger partial charge >= 0.3 is 0 Å². The van der Waals surface area contributed by atoms with Crippen molar-refractivity contribution in [3.8, 4) is 0 Å². The summed E-state index contributed by atoms with van der Waals surface area (Å²) in [7, 11) is 0. The van der Waals surface area contributed by atoms with Crippen LogP contribution in [-0.4, -0.2) is 66.4 Å². The van der Waals surface area contributed by atoms with Crippen molar-refractivity contribution >= 4 is 23.4 Å². The van der Waals surface area contributed by atoms with Gasteiger partial charge in [-0.2, -0.15) is 0 Å². The molecule has 6 heteroatoms. The van der Waals surface area contributed by atoms with Crippen molar-refractivity contribution in [1.82, 2.24) is 9.80 Å². The summed E-state index contributed by atoms with van der Waals surface area (Å²) in [6, 6.07) is -0.218. The van der Waals surface area contributed by atoms with Gasteiger partial charge in [0.05, 0.1) is 19.8 Å². The van der Waals surface area contributed by atoms with E-state index >= 15 is 0 Å². The quantitative estimate of drug-likeness (QED) is 0.519. The molecule has 2 saturated heterocycles. The summed E-state index contributed by atoms with van der Waals surface area (Å²) in [6.07, 6.45) is 1.72. The molecular weight excluding hydrogens is 244 g/mol. The molecule has 2 rings (SSSR count). The Labute approximate surface area is 106 Å². The van der Waals surface area contributed by atoms with Gasteiger partial charge in [0.2, 0.25) is 11.8 Å². The molecule has 0 aliphatic carbocycles. The first-order valence-electron chi connectivity index (χ1n) is 5.96. The van der Waals surface area contributed by atoms with Crippen LogP contribution in [0.3, 0.4) is 0 Å². The molecule has 0 aromatic heterocycles. The van der Waals surface area contributed by atoms with Crippen molar-refractivity contribution in [1.29, 1.82) is 0 Å². The Kier molecular flexibility index (Phi) is 4.23. The lowest BCUT2D eigenvalue weighted by atomic mass is 10.1. The van der Waals surface area contributed by atoms with E-state index in [1.807, 2.05) is 0 Å². The Morgan fingerprint density at radius 1 is 1.35 bits per heavy atom. The van der Waals surface area contributed by atoms with E-state index in [0.717, 1.165) is 19.4 Å². The Morgan fingerprint density at radius 2 is 2.18 bits per heavy atom. The van der Waals surface area contributed by atoms with Gasteiger partial charge in [-0.05, 0) is 12.8 Å². The Balaban J connectivity index is 1.86. The molecule has 0 bridgehead atoms. The van der Waals surface area contributed by atoms with Gasteiger partial charge in [-0.3, -0.25) is 9.59 Å². The second-order valence-electron chi connectivity index (χ2n) is 4.31. The lowest BCUT2D eigenvalue weighted by Crippen LogP contribution is -2.57. The Morgan fingerprint density at radius 3 is 2.94 bits per heavy atom. The number of fused-ring (bicyclic) bond motifs is 1. The van der Waals surface area contributed by atoms with Gasteiger partial charge in [0.25, 0.3) is 0 Å². The minimum atomic E-state index is -0.218. The lowest BCUT2D eigenvalue weighted by Gasteiger charge is -2.36. The van der Waals surface area contributed by atoms with E-state index in [1.54, 1.807) is 9.80 Å². The number of hydrogen-bond acceptors (Lipinski definition) is 3. The number of carbonyl (C=O) groups is 2. The third-order valence-corrected chi connectivity index (χ3v) is 3.38. The van der Waals surface area contributed by atoms with E-state index in [-0.39, 0.29) is 24.4 Å². The topological polar surface area (TPSA) is 49.9 Å². The first kappa shape index (κ1) is 12.6. The van der Waals surface area contributed by atoms with Crippen LogP contribution in [0.1, 0.15) is 12.8 Å². The average molecular weight is 261 g/mol. The summed E-state index contributed by atoms with van der Waals surface area (Å²) in [6.45, 7) is 2.32. The molecule has 5 nitrogen and oxygen atoms in total. The molecule has 0 aromatic carbocycles. The first-order chi connectivity index (χ1) is 8.24. The van der Waals surface area contributed by atoms with E-state index in [9.17, 15) is 9.59 Å². The molecule has 1 unspecified atom stereocenters. The molecule has 96 valence electrons. The Hall–Kier alpha value is -0.810. The normalized spacial score (nSPS) is 24.4. The summed E-state index contributed by atoms with van der Waals surface area (Å²) < 4.78 is 5.23. The fourth-order valence-corrected chi connectivity index (χ4v) is 2.49. The van der Waals surface area contributed by atoms with Crippen molar-refractivity contribution in [2.45, 2.75) is 18.9 Å². The maximum Gasteiger partial charge on any atom is 0.245 e. The minimum Gasteiger partial charge on any atom is -0.378 e. The summed E-state index contributed by atoms with van der Waals surface area (Å²) in [5, 5.41) is 0. The van der Waals surface area contributed by atoms with Crippen LogP contribution in [0.4, 0.5) is 0 Å². The van der Waals surface area contributed by atoms with Gasteiger partial charge in [-0.25, -0.2) is 0 Å². The standard InChI is InChI=1S/C11H17ClN2O3/c12-3-6-17-7-5-13-8-10(15)14-4-1-2-9(14)11(13)16/h9H,1-8H2. The molecular formula is C11H17ClN2O3. The van der Waals surface area contributed by atoms with Gasteiger partial charge in [0.15, 0.2) is 0 Å². The fraction of sp³-hybridized carbons (Fsp3) is 0.818. The Bertz CT molecular complexity index is 311. The largest absolute Gasteiger partial charge is 0.378 e. The van der Waals surface area contributed by atoms with E-state index in [4.69, 9.17) is 16.3 Å². The third-order valence-electron chi connectivity index (χ3n) is 3.22. The highest BCUT2D eigenvalue weighted by molar-refractivity contribution is 6.17. The van der Waals surface area contributed by atoms with Gasteiger partial charge in [-0.15, -0.1) is 11.6 Å². The van der Waals surface area contributed by atoms with Gasteiger partial charge in [0.1, 0.15) is 6.04 Å². The number of carbonyl (C=O) groups excluding carboxylic acids is 2. The average Bonchev–Trinajstić information content (AvgIpc) is 2.80. The highest BCUT2D eigenvalue weighted by atomic mass is 35.5. The SMILES string of the molecule is O=C1C2CCCN2C(=O)CN1CCOCCCl. The highest BCUT2D eigenvalue weighted by Gasteiger charge is 2.41. The molecule has 1 atom stereocenters. The number of nitrogens with zero attached hydrogens (tertiary/aromatic N) is 2. The van der Waals surface area contributed by atoms with Crippen molar-refractivity contribution in [3.63, 3.8) is 0 Å². The molecule has 0 aromatic rings. The molecule has 0 spiro atoms. The fourth-order valence-electron chi connectivity index (χ4n) is 2.39. The monoisotopic (exact) mass is 260 g/mol. The zero-order valence-electron chi connectivity index (χ0n) is 9.73. The predicted molar refractivity (Wildman–Crippen MR) is 62.9 cm³/mol. The minimum absolute atomic E-state index is 0.0597. The van der Waals surface area contributed by atoms with E-state index in [2.05, 4.69) is 0 Å². The second kappa shape index (κ2) is 5.69. The molecule has 2 heterocycles. The van der Waals surface area contributed by atoms with Crippen LogP contribution >= 0.6 is 11.6 Å². The zero-order valence-corrected chi connectivity index (χ0v) is 10.5. The maximum absolute atomic E-state index is 12.1. The van der Waals surface area contributed by atoms with Gasteiger partial charge in [-0.1, -0.05) is 0 Å². The van der Waals surface area contributed by atoms with Gasteiger partial charge < -0.3 is 14.5 Å². The number of amides is 2. The highest BCUT2D eigenvalue weighted by Crippen LogP contribution is 2.23. The van der Waals surface area contributed by atoms with Crippen LogP contribution < -0.4 is 0 Å². The molecule has 2 aliphatic rings. The zero-order chi connectivity index (χ0) is 12.3. The summed E-state index contributed by atoms with van der Waals surface area (Å²) >= 11 is 5.48. The van der Waals surface area contributed by atoms with E-state index in [0.29, 0.717) is 25.6 Å². The van der Waals surface area contributed by atoms with Crippen LogP contribution in [0.5, 0.6) is 0 Å². The van der Waals surface area contributed by atoms with E-state index in [1.165, 1.54) is 0 Å². The van der Waals surface area contributed by atoms with Crippen LogP contribution in [0.15, 0.2) is 0 Å². The van der Waals surface area contributed by atoms with Crippen LogP contribution in [0.25, 0.3) is 0 Å². The molecule has 0 radical (unpaired) electrons. The molecule has 2 amide bonds. The number of rotatable bonds is 5. The summed E-state index contributed by atoms with van der Waals surface area (Å²) in [5.41, 5.74) is 0. The molecule has 17 heavy (non-hydrogen) atoms. The second-order valence-corrected chi connectivity index (χ2v) is 4.68. The summed E-state index contributed by atoms with van der Waals surface area (Å²) in [4.78, 5) is 27.2. The predicted octanol–water partition coefficient (Wildman–Crippen LogP) is 0.0750. The van der Waals surface area contributed by atoms with Crippen LogP contribution in [0.2, 0.25) is 0 Å². The van der Waals surface area contributed by atoms with Crippen molar-refractivity contribution in [3.05, 3.63) is 0 Å². The van der Waals surface area contributed by atoms with Crippen LogP contribution in [-0.2, 0) is 14.3 Å².